The molecule has 0 bridgehead atoms. The van der Waals surface area contributed by atoms with Crippen LogP contribution in [0, 0.1) is 11.8 Å². The highest BCUT2D eigenvalue weighted by Crippen LogP contribution is 2.34. The topological polar surface area (TPSA) is 40.6 Å². The number of carbonyl (C=O) groups excluding carboxylic acids is 2. The minimum Gasteiger partial charge on any atom is -0.342 e. The highest BCUT2D eigenvalue weighted by Gasteiger charge is 2.37. The van der Waals surface area contributed by atoms with Gasteiger partial charge >= 0.3 is 6.18 Å². The van der Waals surface area contributed by atoms with Gasteiger partial charge in [0, 0.05) is 43.2 Å². The van der Waals surface area contributed by atoms with E-state index in [1.165, 1.54) is 29.2 Å². The largest absolute Gasteiger partial charge is 0.417 e. The van der Waals surface area contributed by atoms with E-state index in [1.807, 2.05) is 4.90 Å². The molecule has 1 aromatic carbocycles. The third-order valence-corrected chi connectivity index (χ3v) is 6.23. The van der Waals surface area contributed by atoms with Crippen LogP contribution in [-0.2, 0) is 9.59 Å². The third-order valence-electron chi connectivity index (χ3n) is 5.98. The lowest BCUT2D eigenvalue weighted by molar-refractivity contribution is -0.140. The fourth-order valence-electron chi connectivity index (χ4n) is 4.01. The summed E-state index contributed by atoms with van der Waals surface area (Å²) in [5.74, 6) is -0.106. The van der Waals surface area contributed by atoms with Crippen LogP contribution in [0.2, 0.25) is 5.02 Å². The van der Waals surface area contributed by atoms with Gasteiger partial charge < -0.3 is 9.80 Å². The molecule has 0 saturated carbocycles. The molecule has 0 radical (unpaired) electrons. The van der Waals surface area contributed by atoms with Crippen LogP contribution in [0.4, 0.5) is 13.2 Å². The summed E-state index contributed by atoms with van der Waals surface area (Å²) >= 11 is 5.75. The first-order valence-electron chi connectivity index (χ1n) is 10.3. The van der Waals surface area contributed by atoms with Crippen molar-refractivity contribution in [1.82, 2.24) is 9.80 Å². The Labute approximate surface area is 179 Å². The van der Waals surface area contributed by atoms with Crippen molar-refractivity contribution < 1.29 is 22.8 Å². The average Bonchev–Trinajstić information content (AvgIpc) is 2.72. The van der Waals surface area contributed by atoms with Gasteiger partial charge in [-0.3, -0.25) is 9.59 Å². The molecule has 2 aliphatic rings. The quantitative estimate of drug-likeness (QED) is 0.632. The van der Waals surface area contributed by atoms with Gasteiger partial charge in [-0.2, -0.15) is 13.2 Å². The van der Waals surface area contributed by atoms with Gasteiger partial charge in [-0.1, -0.05) is 30.7 Å². The number of amides is 2. The standard InChI is InChI=1S/C22H26ClF3N2O2/c1-15-6-10-28(11-7-15)21(30)17-8-12-27(13-9-17)20(29)14-19(22(24,25)26)16-2-4-18(23)5-3-16/h2-5,14-15,17H,6-13H2,1H3/b19-14-. The molecule has 2 fully saturated rings. The summed E-state index contributed by atoms with van der Waals surface area (Å²) in [4.78, 5) is 28.5. The molecular weight excluding hydrogens is 417 g/mol. The summed E-state index contributed by atoms with van der Waals surface area (Å²) < 4.78 is 40.5. The van der Waals surface area contributed by atoms with Crippen molar-refractivity contribution >= 4 is 29.0 Å². The average molecular weight is 443 g/mol. The van der Waals surface area contributed by atoms with Crippen LogP contribution in [0.15, 0.2) is 30.3 Å². The fourth-order valence-corrected chi connectivity index (χ4v) is 4.13. The molecule has 1 aromatic rings. The lowest BCUT2D eigenvalue weighted by atomic mass is 9.92. The molecule has 2 saturated heterocycles. The van der Waals surface area contributed by atoms with E-state index in [1.54, 1.807) is 0 Å². The van der Waals surface area contributed by atoms with Gasteiger partial charge in [-0.15, -0.1) is 0 Å². The van der Waals surface area contributed by atoms with Gasteiger partial charge in [0.15, 0.2) is 0 Å². The predicted molar refractivity (Wildman–Crippen MR) is 110 cm³/mol. The van der Waals surface area contributed by atoms with E-state index in [0.29, 0.717) is 29.9 Å². The zero-order valence-electron chi connectivity index (χ0n) is 16.9. The molecule has 0 unspecified atom stereocenters. The SMILES string of the molecule is CC1CCN(C(=O)C2CCN(C(=O)/C=C(/c3ccc(Cl)cc3)C(F)(F)F)CC2)CC1. The van der Waals surface area contributed by atoms with E-state index in [4.69, 9.17) is 11.6 Å². The van der Waals surface area contributed by atoms with Crippen molar-refractivity contribution in [2.24, 2.45) is 11.8 Å². The van der Waals surface area contributed by atoms with Crippen molar-refractivity contribution in [2.45, 2.75) is 38.8 Å². The molecule has 8 heteroatoms. The molecule has 3 rings (SSSR count). The van der Waals surface area contributed by atoms with Crippen molar-refractivity contribution in [3.8, 4) is 0 Å². The molecule has 2 amide bonds. The summed E-state index contributed by atoms with van der Waals surface area (Å²) in [5.41, 5.74) is -1.10. The second-order valence-electron chi connectivity index (χ2n) is 8.17. The first-order chi connectivity index (χ1) is 14.1. The normalized spacial score (nSPS) is 19.8. The van der Waals surface area contributed by atoms with E-state index in [2.05, 4.69) is 6.92 Å². The van der Waals surface area contributed by atoms with Gasteiger partial charge in [0.2, 0.25) is 11.8 Å². The van der Waals surface area contributed by atoms with Crippen LogP contribution >= 0.6 is 11.6 Å². The number of nitrogens with zero attached hydrogens (tertiary/aromatic N) is 2. The Bertz CT molecular complexity index is 792. The number of halogens is 4. The second kappa shape index (κ2) is 9.41. The molecule has 2 aliphatic heterocycles. The Morgan fingerprint density at radius 3 is 2.03 bits per heavy atom. The van der Waals surface area contributed by atoms with E-state index in [9.17, 15) is 22.8 Å². The number of piperidine rings is 2. The number of allylic oxidation sites excluding steroid dienone is 1. The summed E-state index contributed by atoms with van der Waals surface area (Å²) in [7, 11) is 0. The van der Waals surface area contributed by atoms with Crippen LogP contribution < -0.4 is 0 Å². The second-order valence-corrected chi connectivity index (χ2v) is 8.61. The molecule has 0 N–H and O–H groups in total. The van der Waals surface area contributed by atoms with E-state index >= 15 is 0 Å². The Kier molecular flexibility index (Phi) is 7.11. The summed E-state index contributed by atoms with van der Waals surface area (Å²) in [6, 6.07) is 5.22. The number of benzene rings is 1. The third kappa shape index (κ3) is 5.56. The van der Waals surface area contributed by atoms with Crippen LogP contribution in [0.1, 0.15) is 38.2 Å². The highest BCUT2D eigenvalue weighted by molar-refractivity contribution is 6.30. The van der Waals surface area contributed by atoms with Crippen molar-refractivity contribution in [2.75, 3.05) is 26.2 Å². The first kappa shape index (κ1) is 22.7. The molecule has 4 nitrogen and oxygen atoms in total. The molecule has 0 aromatic heterocycles. The van der Waals surface area contributed by atoms with Gasteiger partial charge in [0.05, 0.1) is 5.57 Å². The molecule has 0 spiro atoms. The number of carbonyl (C=O) groups is 2. The Morgan fingerprint density at radius 1 is 0.967 bits per heavy atom. The monoisotopic (exact) mass is 442 g/mol. The van der Waals surface area contributed by atoms with Crippen molar-refractivity contribution in [1.29, 1.82) is 0 Å². The number of rotatable bonds is 3. The summed E-state index contributed by atoms with van der Waals surface area (Å²) in [6.07, 6.45) is -1.06. The van der Waals surface area contributed by atoms with Gasteiger partial charge in [-0.25, -0.2) is 0 Å². The fraction of sp³-hybridized carbons (Fsp3) is 0.545. The van der Waals surface area contributed by atoms with Crippen molar-refractivity contribution in [3.63, 3.8) is 0 Å². The molecule has 0 aliphatic carbocycles. The predicted octanol–water partition coefficient (Wildman–Crippen LogP) is 4.78. The molecule has 30 heavy (non-hydrogen) atoms. The lowest BCUT2D eigenvalue weighted by Gasteiger charge is -2.36. The number of hydrogen-bond donors (Lipinski definition) is 0. The highest BCUT2D eigenvalue weighted by atomic mass is 35.5. The van der Waals surface area contributed by atoms with Crippen LogP contribution in [0.5, 0.6) is 0 Å². The summed E-state index contributed by atoms with van der Waals surface area (Å²) in [6.45, 7) is 4.26. The molecule has 2 heterocycles. The summed E-state index contributed by atoms with van der Waals surface area (Å²) in [5, 5.41) is 0.321. The Morgan fingerprint density at radius 2 is 1.50 bits per heavy atom. The molecule has 0 atom stereocenters. The lowest BCUT2D eigenvalue weighted by Crippen LogP contribution is -2.46. The van der Waals surface area contributed by atoms with Gasteiger partial charge in [-0.05, 0) is 49.3 Å². The van der Waals surface area contributed by atoms with E-state index in [-0.39, 0.29) is 30.5 Å². The Balaban J connectivity index is 1.63. The minimum atomic E-state index is -4.66. The van der Waals surface area contributed by atoms with Crippen LogP contribution in [0.25, 0.3) is 5.57 Å². The van der Waals surface area contributed by atoms with Gasteiger partial charge in [0.25, 0.3) is 0 Å². The minimum absolute atomic E-state index is 0.107. The number of likely N-dealkylation sites (tertiary alicyclic amines) is 2. The maximum absolute atomic E-state index is 13.5. The Hall–Kier alpha value is -2.02. The van der Waals surface area contributed by atoms with Gasteiger partial charge in [0.1, 0.15) is 0 Å². The van der Waals surface area contributed by atoms with E-state index < -0.39 is 17.7 Å². The van der Waals surface area contributed by atoms with Crippen LogP contribution in [-0.4, -0.2) is 54.0 Å². The zero-order valence-corrected chi connectivity index (χ0v) is 17.7. The first-order valence-corrected chi connectivity index (χ1v) is 10.7. The molecule has 164 valence electrons. The molecular formula is C22H26ClF3N2O2. The smallest absolute Gasteiger partial charge is 0.342 e. The van der Waals surface area contributed by atoms with Crippen molar-refractivity contribution in [3.05, 3.63) is 40.9 Å². The zero-order chi connectivity index (χ0) is 21.9. The van der Waals surface area contributed by atoms with Crippen LogP contribution in [0.3, 0.4) is 0 Å². The maximum Gasteiger partial charge on any atom is 0.417 e. The maximum atomic E-state index is 13.5. The number of alkyl halides is 3. The van der Waals surface area contributed by atoms with E-state index in [0.717, 1.165) is 25.9 Å². The number of hydrogen-bond acceptors (Lipinski definition) is 2.